The normalized spacial score (nSPS) is 18.8. The summed E-state index contributed by atoms with van der Waals surface area (Å²) in [5.41, 5.74) is 5.00. The average molecular weight is 420 g/mol. The third-order valence-electron chi connectivity index (χ3n) is 6.55. The van der Waals surface area contributed by atoms with Gasteiger partial charge < -0.3 is 19.9 Å². The van der Waals surface area contributed by atoms with Gasteiger partial charge in [-0.05, 0) is 43.9 Å². The van der Waals surface area contributed by atoms with Crippen molar-refractivity contribution in [2.75, 3.05) is 29.3 Å². The molecule has 0 bridgehead atoms. The van der Waals surface area contributed by atoms with Gasteiger partial charge in [0.2, 0.25) is 5.95 Å². The molecule has 4 rings (SSSR count). The lowest BCUT2D eigenvalue weighted by Crippen LogP contribution is -2.50. The first-order chi connectivity index (χ1) is 14.9. The van der Waals surface area contributed by atoms with Crippen LogP contribution in [-0.2, 0) is 0 Å². The average Bonchev–Trinajstić information content (AvgIpc) is 3.30. The van der Waals surface area contributed by atoms with Crippen LogP contribution in [-0.4, -0.2) is 36.2 Å². The second-order valence-corrected chi connectivity index (χ2v) is 8.54. The number of fused-ring (bicyclic) bond motifs is 1. The fourth-order valence-corrected chi connectivity index (χ4v) is 4.76. The quantitative estimate of drug-likeness (QED) is 0.643. The number of ether oxygens (including phenoxy) is 1. The van der Waals surface area contributed by atoms with Gasteiger partial charge in [0.15, 0.2) is 5.82 Å². The number of hydrogen-bond donors (Lipinski definition) is 1. The van der Waals surface area contributed by atoms with Gasteiger partial charge in [-0.2, -0.15) is 4.98 Å². The fourth-order valence-electron chi connectivity index (χ4n) is 4.76. The first-order valence-electron chi connectivity index (χ1n) is 11.1. The molecule has 1 N–H and O–H groups in total. The molecular formula is C25H33N5O. The molecule has 31 heavy (non-hydrogen) atoms. The van der Waals surface area contributed by atoms with Gasteiger partial charge in [0.25, 0.3) is 0 Å². The molecular weight excluding hydrogens is 386 g/mol. The summed E-state index contributed by atoms with van der Waals surface area (Å²) < 4.78 is 5.60. The summed E-state index contributed by atoms with van der Waals surface area (Å²) in [5, 5.41) is 3.37. The van der Waals surface area contributed by atoms with E-state index in [2.05, 4.69) is 47.2 Å². The number of aromatic nitrogens is 2. The van der Waals surface area contributed by atoms with Crippen LogP contribution in [0.4, 0.5) is 23.1 Å². The SMILES string of the molecule is C=C(C)c1ccc(Nc2ncc3c(n2)N(C2CCCC2)[C@H](CC)C(=C)N3C)c(OC)c1. The van der Waals surface area contributed by atoms with Crippen molar-refractivity contribution in [2.45, 2.75) is 58.0 Å². The first-order valence-corrected chi connectivity index (χ1v) is 11.1. The zero-order valence-corrected chi connectivity index (χ0v) is 19.1. The number of benzene rings is 1. The third-order valence-corrected chi connectivity index (χ3v) is 6.55. The van der Waals surface area contributed by atoms with Gasteiger partial charge in [0, 0.05) is 18.8 Å². The smallest absolute Gasteiger partial charge is 0.229 e. The van der Waals surface area contributed by atoms with Gasteiger partial charge in [-0.3, -0.25) is 0 Å². The standard InChI is InChI=1S/C25H33N5O/c1-7-21-17(4)29(5)22-15-26-25(28-24(22)30(21)19-10-8-9-11-19)27-20-13-12-18(16(2)3)14-23(20)31-6/h12-15,19,21H,2,4,7-11H2,1,3,5-6H3,(H,26,27,28)/t21-/m1/s1. The molecule has 1 aromatic carbocycles. The zero-order valence-electron chi connectivity index (χ0n) is 19.1. The Morgan fingerprint density at radius 1 is 1.29 bits per heavy atom. The monoisotopic (exact) mass is 419 g/mol. The molecule has 1 atom stereocenters. The van der Waals surface area contributed by atoms with Crippen molar-refractivity contribution in [3.63, 3.8) is 0 Å². The second-order valence-electron chi connectivity index (χ2n) is 8.54. The maximum atomic E-state index is 5.60. The fraction of sp³-hybridized carbons (Fsp3) is 0.440. The third kappa shape index (κ3) is 3.87. The van der Waals surface area contributed by atoms with Crippen LogP contribution in [0.2, 0.25) is 0 Å². The van der Waals surface area contributed by atoms with Gasteiger partial charge in [-0.1, -0.05) is 44.6 Å². The van der Waals surface area contributed by atoms with Crippen molar-refractivity contribution in [3.8, 4) is 5.75 Å². The Kier molecular flexibility index (Phi) is 5.90. The largest absolute Gasteiger partial charge is 0.495 e. The van der Waals surface area contributed by atoms with Crippen LogP contribution in [0, 0.1) is 0 Å². The summed E-state index contributed by atoms with van der Waals surface area (Å²) in [6, 6.07) is 6.76. The van der Waals surface area contributed by atoms with Gasteiger partial charge in [0.1, 0.15) is 11.4 Å². The van der Waals surface area contributed by atoms with E-state index in [1.165, 1.54) is 25.7 Å². The van der Waals surface area contributed by atoms with Crippen LogP contribution >= 0.6 is 0 Å². The number of rotatable bonds is 6. The van der Waals surface area contributed by atoms with E-state index in [-0.39, 0.29) is 6.04 Å². The summed E-state index contributed by atoms with van der Waals surface area (Å²) >= 11 is 0. The first kappa shape index (κ1) is 21.2. The second kappa shape index (κ2) is 8.61. The summed E-state index contributed by atoms with van der Waals surface area (Å²) in [5.74, 6) is 2.30. The van der Waals surface area contributed by atoms with Gasteiger partial charge in [-0.15, -0.1) is 0 Å². The van der Waals surface area contributed by atoms with E-state index in [9.17, 15) is 0 Å². The molecule has 0 saturated heterocycles. The Labute approximate surface area is 185 Å². The van der Waals surface area contributed by atoms with Gasteiger partial charge >= 0.3 is 0 Å². The molecule has 0 spiro atoms. The van der Waals surface area contributed by atoms with E-state index in [0.29, 0.717) is 12.0 Å². The Balaban J connectivity index is 1.72. The topological polar surface area (TPSA) is 53.5 Å². The van der Waals surface area contributed by atoms with Crippen LogP contribution in [0.25, 0.3) is 5.57 Å². The molecule has 2 heterocycles. The minimum Gasteiger partial charge on any atom is -0.495 e. The van der Waals surface area contributed by atoms with Gasteiger partial charge in [0.05, 0.1) is 25.0 Å². The van der Waals surface area contributed by atoms with Crippen LogP contribution in [0.15, 0.2) is 43.3 Å². The molecule has 1 aliphatic heterocycles. The highest BCUT2D eigenvalue weighted by molar-refractivity contribution is 5.76. The Morgan fingerprint density at radius 2 is 2.03 bits per heavy atom. The number of likely N-dealkylation sites (N-methyl/N-ethyl adjacent to an activating group) is 1. The number of anilines is 4. The number of nitrogens with one attached hydrogen (secondary N) is 1. The predicted octanol–water partition coefficient (Wildman–Crippen LogP) is 5.75. The Hall–Kier alpha value is -3.02. The van der Waals surface area contributed by atoms with Gasteiger partial charge in [-0.25, -0.2) is 4.98 Å². The molecule has 0 unspecified atom stereocenters. The number of nitrogens with zero attached hydrogens (tertiary/aromatic N) is 4. The summed E-state index contributed by atoms with van der Waals surface area (Å²) in [7, 11) is 3.73. The zero-order chi connectivity index (χ0) is 22.1. The van der Waals surface area contributed by atoms with Crippen LogP contribution in [0.3, 0.4) is 0 Å². The maximum absolute atomic E-state index is 5.60. The highest BCUT2D eigenvalue weighted by Crippen LogP contribution is 2.43. The number of methoxy groups -OCH3 is 1. The summed E-state index contributed by atoms with van der Waals surface area (Å²) in [6.07, 6.45) is 7.86. The summed E-state index contributed by atoms with van der Waals surface area (Å²) in [6.45, 7) is 12.6. The van der Waals surface area contributed by atoms with Crippen molar-refractivity contribution in [1.29, 1.82) is 0 Å². The van der Waals surface area contributed by atoms with Crippen molar-refractivity contribution in [1.82, 2.24) is 9.97 Å². The van der Waals surface area contributed by atoms with Crippen LogP contribution < -0.4 is 19.9 Å². The molecule has 1 fully saturated rings. The predicted molar refractivity (Wildman–Crippen MR) is 129 cm³/mol. The lowest BCUT2D eigenvalue weighted by Gasteiger charge is -2.46. The highest BCUT2D eigenvalue weighted by atomic mass is 16.5. The maximum Gasteiger partial charge on any atom is 0.229 e. The molecule has 0 amide bonds. The molecule has 2 aliphatic rings. The Bertz CT molecular complexity index is 995. The minimum absolute atomic E-state index is 0.257. The lowest BCUT2D eigenvalue weighted by atomic mass is 10.0. The summed E-state index contributed by atoms with van der Waals surface area (Å²) in [4.78, 5) is 14.2. The van der Waals surface area contributed by atoms with E-state index in [1.807, 2.05) is 31.3 Å². The van der Waals surface area contributed by atoms with Crippen molar-refractivity contribution in [2.24, 2.45) is 0 Å². The van der Waals surface area contributed by atoms with Crippen molar-refractivity contribution < 1.29 is 4.74 Å². The van der Waals surface area contributed by atoms with E-state index in [0.717, 1.165) is 46.2 Å². The molecule has 1 aromatic heterocycles. The van der Waals surface area contributed by atoms with Crippen LogP contribution in [0.1, 0.15) is 51.5 Å². The van der Waals surface area contributed by atoms with Crippen LogP contribution in [0.5, 0.6) is 5.75 Å². The highest BCUT2D eigenvalue weighted by Gasteiger charge is 2.38. The van der Waals surface area contributed by atoms with Crippen molar-refractivity contribution >= 4 is 28.7 Å². The molecule has 6 nitrogen and oxygen atoms in total. The molecule has 1 saturated carbocycles. The lowest BCUT2D eigenvalue weighted by molar-refractivity contribution is 0.416. The minimum atomic E-state index is 0.257. The molecule has 1 aliphatic carbocycles. The van der Waals surface area contributed by atoms with E-state index < -0.39 is 0 Å². The molecule has 164 valence electrons. The van der Waals surface area contributed by atoms with Crippen molar-refractivity contribution in [3.05, 3.63) is 48.8 Å². The number of hydrogen-bond acceptors (Lipinski definition) is 6. The Morgan fingerprint density at radius 3 is 2.68 bits per heavy atom. The van der Waals surface area contributed by atoms with E-state index in [4.69, 9.17) is 9.72 Å². The molecule has 0 radical (unpaired) electrons. The van der Waals surface area contributed by atoms with E-state index in [1.54, 1.807) is 7.11 Å². The molecule has 2 aromatic rings. The number of allylic oxidation sites excluding steroid dienone is 1. The van der Waals surface area contributed by atoms with E-state index >= 15 is 0 Å². The molecule has 6 heteroatoms.